The number of amides is 2. The highest BCUT2D eigenvalue weighted by molar-refractivity contribution is 6.04. The van der Waals surface area contributed by atoms with E-state index in [1.165, 1.54) is 16.4 Å². The molecule has 3 heterocycles. The second-order valence-electron chi connectivity index (χ2n) is 8.05. The second-order valence-corrected chi connectivity index (χ2v) is 8.05. The lowest BCUT2D eigenvalue weighted by Crippen LogP contribution is -2.30. The lowest BCUT2D eigenvalue weighted by Gasteiger charge is -2.08. The van der Waals surface area contributed by atoms with E-state index in [0.29, 0.717) is 35.7 Å². The molecule has 2 N–H and O–H groups in total. The molecule has 2 aliphatic rings. The van der Waals surface area contributed by atoms with Gasteiger partial charge in [0.25, 0.3) is 5.91 Å². The number of benzene rings is 1. The molecule has 0 spiro atoms. The number of carbonyl (C=O) groups is 2. The predicted molar refractivity (Wildman–Crippen MR) is 118 cm³/mol. The van der Waals surface area contributed by atoms with Crippen LogP contribution in [-0.4, -0.2) is 44.9 Å². The Morgan fingerprint density at radius 2 is 2.03 bits per heavy atom. The Bertz CT molecular complexity index is 1220. The number of nitrogens with one attached hydrogen (secondary N) is 2. The first kappa shape index (κ1) is 20.9. The van der Waals surface area contributed by atoms with Gasteiger partial charge in [-0.05, 0) is 49.9 Å². The Balaban J connectivity index is 1.10. The first-order chi connectivity index (χ1) is 16.0. The monoisotopic (exact) mass is 448 g/mol. The highest BCUT2D eigenvalue weighted by Crippen LogP contribution is 2.32. The summed E-state index contributed by atoms with van der Waals surface area (Å²) in [5.74, 6) is 1.44. The molecule has 1 aromatic carbocycles. The topological polar surface area (TPSA) is 120 Å². The van der Waals surface area contributed by atoms with Crippen molar-refractivity contribution in [2.45, 2.75) is 39.2 Å². The van der Waals surface area contributed by atoms with Crippen LogP contribution in [-0.2, 0) is 30.6 Å². The number of ether oxygens (including phenoxy) is 2. The number of hydrogen-bond donors (Lipinski definition) is 2. The summed E-state index contributed by atoms with van der Waals surface area (Å²) in [5, 5.41) is 9.79. The number of anilines is 1. The van der Waals surface area contributed by atoms with Crippen LogP contribution in [0.3, 0.4) is 0 Å². The van der Waals surface area contributed by atoms with Crippen LogP contribution in [0.4, 0.5) is 5.69 Å². The van der Waals surface area contributed by atoms with Gasteiger partial charge in [0.05, 0.1) is 11.9 Å². The summed E-state index contributed by atoms with van der Waals surface area (Å²) in [6.07, 6.45) is 6.88. The lowest BCUT2D eigenvalue weighted by atomic mass is 10.2. The van der Waals surface area contributed by atoms with Crippen molar-refractivity contribution in [3.05, 3.63) is 58.9 Å². The number of nitrogens with zero attached hydrogens (tertiary/aromatic N) is 4. The highest BCUT2D eigenvalue weighted by Gasteiger charge is 2.18. The molecule has 2 amide bonds. The van der Waals surface area contributed by atoms with Gasteiger partial charge in [0.15, 0.2) is 11.5 Å². The molecule has 0 atom stereocenters. The van der Waals surface area contributed by atoms with Gasteiger partial charge in [-0.2, -0.15) is 5.10 Å². The van der Waals surface area contributed by atoms with E-state index in [1.54, 1.807) is 24.4 Å². The third-order valence-corrected chi connectivity index (χ3v) is 5.69. The SMILES string of the molecule is Cc1nc(CCNC(=O)Cn2cc(NC(=O)c3ccc4c(c3)OCO4)cn2)nc2c1CCC2. The van der Waals surface area contributed by atoms with Crippen LogP contribution in [0.15, 0.2) is 30.6 Å². The summed E-state index contributed by atoms with van der Waals surface area (Å²) < 4.78 is 12.0. The average Bonchev–Trinajstić information content (AvgIpc) is 3.54. The van der Waals surface area contributed by atoms with Crippen LogP contribution < -0.4 is 20.1 Å². The zero-order valence-electron chi connectivity index (χ0n) is 18.3. The maximum Gasteiger partial charge on any atom is 0.255 e. The van der Waals surface area contributed by atoms with E-state index in [1.807, 2.05) is 6.92 Å². The van der Waals surface area contributed by atoms with Crippen LogP contribution in [0.5, 0.6) is 11.5 Å². The Kier molecular flexibility index (Phi) is 5.64. The molecule has 1 aliphatic carbocycles. The Hall–Kier alpha value is -3.95. The Labute approximate surface area is 190 Å². The van der Waals surface area contributed by atoms with E-state index < -0.39 is 0 Å². The first-order valence-corrected chi connectivity index (χ1v) is 10.9. The Morgan fingerprint density at radius 3 is 2.94 bits per heavy atom. The van der Waals surface area contributed by atoms with Crippen molar-refractivity contribution in [1.82, 2.24) is 25.1 Å². The molecule has 5 rings (SSSR count). The van der Waals surface area contributed by atoms with Gasteiger partial charge in [-0.15, -0.1) is 0 Å². The minimum absolute atomic E-state index is 0.0456. The van der Waals surface area contributed by atoms with Gasteiger partial charge >= 0.3 is 0 Å². The van der Waals surface area contributed by atoms with Gasteiger partial charge < -0.3 is 20.1 Å². The molecule has 10 nitrogen and oxygen atoms in total. The molecular formula is C23H24N6O4. The van der Waals surface area contributed by atoms with Crippen molar-refractivity contribution < 1.29 is 19.1 Å². The number of fused-ring (bicyclic) bond motifs is 2. The van der Waals surface area contributed by atoms with Crippen molar-refractivity contribution in [1.29, 1.82) is 0 Å². The van der Waals surface area contributed by atoms with E-state index in [0.717, 1.165) is 36.5 Å². The molecule has 1 aliphatic heterocycles. The molecule has 0 saturated carbocycles. The summed E-state index contributed by atoms with van der Waals surface area (Å²) >= 11 is 0. The van der Waals surface area contributed by atoms with Crippen molar-refractivity contribution in [2.75, 3.05) is 18.7 Å². The molecule has 0 radical (unpaired) electrons. The molecule has 170 valence electrons. The molecule has 0 unspecified atom stereocenters. The van der Waals surface area contributed by atoms with E-state index in [-0.39, 0.29) is 25.2 Å². The molecular weight excluding hydrogens is 424 g/mol. The first-order valence-electron chi connectivity index (χ1n) is 10.9. The summed E-state index contributed by atoms with van der Waals surface area (Å²) in [6.45, 7) is 2.67. The Morgan fingerprint density at radius 1 is 1.15 bits per heavy atom. The van der Waals surface area contributed by atoms with Crippen molar-refractivity contribution in [3.8, 4) is 11.5 Å². The molecule has 2 aromatic heterocycles. The normalized spacial score (nSPS) is 13.6. The average molecular weight is 448 g/mol. The fraction of sp³-hybridized carbons (Fsp3) is 0.348. The third kappa shape index (κ3) is 4.64. The van der Waals surface area contributed by atoms with E-state index >= 15 is 0 Å². The quantitative estimate of drug-likeness (QED) is 0.566. The number of aromatic nitrogens is 4. The summed E-state index contributed by atoms with van der Waals surface area (Å²) in [4.78, 5) is 34.0. The van der Waals surface area contributed by atoms with Crippen molar-refractivity contribution in [3.63, 3.8) is 0 Å². The van der Waals surface area contributed by atoms with Gasteiger partial charge in [0, 0.05) is 36.1 Å². The van der Waals surface area contributed by atoms with Gasteiger partial charge in [0.2, 0.25) is 12.7 Å². The third-order valence-electron chi connectivity index (χ3n) is 5.69. The smallest absolute Gasteiger partial charge is 0.255 e. The van der Waals surface area contributed by atoms with Crippen LogP contribution >= 0.6 is 0 Å². The van der Waals surface area contributed by atoms with E-state index in [9.17, 15) is 9.59 Å². The number of rotatable bonds is 7. The van der Waals surface area contributed by atoms with Gasteiger partial charge in [0.1, 0.15) is 12.4 Å². The number of hydrogen-bond acceptors (Lipinski definition) is 7. The molecule has 0 fully saturated rings. The molecule has 33 heavy (non-hydrogen) atoms. The van der Waals surface area contributed by atoms with Crippen LogP contribution in [0, 0.1) is 6.92 Å². The standard InChI is InChI=1S/C23H24N6O4/c1-14-17-3-2-4-18(17)28-21(26-14)7-8-24-22(30)12-29-11-16(10-25-29)27-23(31)15-5-6-19-20(9-15)33-13-32-19/h5-6,9-11H,2-4,7-8,12-13H2,1H3,(H,24,30)(H,27,31). The maximum atomic E-state index is 12.5. The largest absolute Gasteiger partial charge is 0.454 e. The predicted octanol–water partition coefficient (Wildman–Crippen LogP) is 1.81. The molecule has 0 bridgehead atoms. The van der Waals surface area contributed by atoms with Gasteiger partial charge in [-0.1, -0.05) is 0 Å². The summed E-state index contributed by atoms with van der Waals surface area (Å²) in [6, 6.07) is 4.98. The fourth-order valence-electron chi connectivity index (χ4n) is 4.07. The van der Waals surface area contributed by atoms with Crippen LogP contribution in [0.1, 0.15) is 39.6 Å². The molecule has 10 heteroatoms. The van der Waals surface area contributed by atoms with Gasteiger partial charge in [-0.25, -0.2) is 9.97 Å². The maximum absolute atomic E-state index is 12.5. The van der Waals surface area contributed by atoms with Crippen molar-refractivity contribution >= 4 is 17.5 Å². The number of aryl methyl sites for hydroxylation is 2. The summed E-state index contributed by atoms with van der Waals surface area (Å²) in [5.41, 5.74) is 4.41. The second kappa shape index (κ2) is 8.89. The van der Waals surface area contributed by atoms with E-state index in [2.05, 4.69) is 25.7 Å². The van der Waals surface area contributed by atoms with Gasteiger partial charge in [-0.3, -0.25) is 14.3 Å². The molecule has 0 saturated heterocycles. The zero-order valence-corrected chi connectivity index (χ0v) is 18.3. The fourth-order valence-corrected chi connectivity index (χ4v) is 4.07. The lowest BCUT2D eigenvalue weighted by molar-refractivity contribution is -0.121. The minimum atomic E-state index is -0.304. The van der Waals surface area contributed by atoms with E-state index in [4.69, 9.17) is 9.47 Å². The van der Waals surface area contributed by atoms with Crippen molar-refractivity contribution in [2.24, 2.45) is 0 Å². The summed E-state index contributed by atoms with van der Waals surface area (Å²) in [7, 11) is 0. The van der Waals surface area contributed by atoms with Crippen LogP contribution in [0.25, 0.3) is 0 Å². The van der Waals surface area contributed by atoms with Crippen LogP contribution in [0.2, 0.25) is 0 Å². The highest BCUT2D eigenvalue weighted by atomic mass is 16.7. The molecule has 3 aromatic rings. The minimum Gasteiger partial charge on any atom is -0.454 e. The number of carbonyl (C=O) groups excluding carboxylic acids is 2. The zero-order chi connectivity index (χ0) is 22.8.